The summed E-state index contributed by atoms with van der Waals surface area (Å²) in [4.78, 5) is 14.1. The highest BCUT2D eigenvalue weighted by molar-refractivity contribution is 7.14. The second-order valence-electron chi connectivity index (χ2n) is 4.70. The van der Waals surface area contributed by atoms with E-state index in [0.717, 1.165) is 36.6 Å². The van der Waals surface area contributed by atoms with E-state index >= 15 is 0 Å². The monoisotopic (exact) mass is 275 g/mol. The molecule has 3 heterocycles. The van der Waals surface area contributed by atoms with Crippen molar-refractivity contribution in [3.63, 3.8) is 0 Å². The van der Waals surface area contributed by atoms with Gasteiger partial charge in [0, 0.05) is 25.5 Å². The predicted molar refractivity (Wildman–Crippen MR) is 78.1 cm³/mol. The molecule has 0 aliphatic carbocycles. The quantitative estimate of drug-likeness (QED) is 0.894. The Hall–Kier alpha value is -1.75. The van der Waals surface area contributed by atoms with Crippen molar-refractivity contribution in [2.75, 3.05) is 18.4 Å². The predicted octanol–water partition coefficient (Wildman–Crippen LogP) is 3.56. The Morgan fingerprint density at radius 2 is 1.89 bits per heavy atom. The molecule has 2 amide bonds. The van der Waals surface area contributed by atoms with Gasteiger partial charge in [-0.3, -0.25) is 5.32 Å². The Morgan fingerprint density at radius 3 is 2.63 bits per heavy atom. The number of rotatable bonds is 2. The van der Waals surface area contributed by atoms with Gasteiger partial charge in [-0.25, -0.2) is 4.79 Å². The number of likely N-dealkylation sites (tertiary alicyclic amines) is 1. The highest BCUT2D eigenvalue weighted by Gasteiger charge is 2.18. The van der Waals surface area contributed by atoms with E-state index in [4.69, 9.17) is 0 Å². The molecule has 19 heavy (non-hydrogen) atoms. The molecule has 0 saturated carbocycles. The zero-order chi connectivity index (χ0) is 13.1. The van der Waals surface area contributed by atoms with Crippen molar-refractivity contribution < 1.29 is 4.79 Å². The molecule has 0 bridgehead atoms. The Labute approximate surface area is 116 Å². The molecule has 100 valence electrons. The van der Waals surface area contributed by atoms with Gasteiger partial charge >= 0.3 is 6.03 Å². The summed E-state index contributed by atoms with van der Waals surface area (Å²) < 4.78 is 2.02. The zero-order valence-corrected chi connectivity index (χ0v) is 11.5. The molecule has 3 rings (SSSR count). The van der Waals surface area contributed by atoms with E-state index in [9.17, 15) is 4.79 Å². The molecule has 1 saturated heterocycles. The van der Waals surface area contributed by atoms with Crippen molar-refractivity contribution in [1.29, 1.82) is 0 Å². The van der Waals surface area contributed by atoms with Crippen molar-refractivity contribution in [2.24, 2.45) is 0 Å². The number of amides is 2. The molecular formula is C14H17N3OS. The largest absolute Gasteiger partial charge is 0.325 e. The maximum Gasteiger partial charge on any atom is 0.322 e. The van der Waals surface area contributed by atoms with Gasteiger partial charge in [0.15, 0.2) is 0 Å². The van der Waals surface area contributed by atoms with Crippen LogP contribution >= 0.6 is 11.3 Å². The number of aromatic nitrogens is 1. The zero-order valence-electron chi connectivity index (χ0n) is 10.7. The van der Waals surface area contributed by atoms with Crippen molar-refractivity contribution in [3.05, 3.63) is 36.0 Å². The molecule has 1 fully saturated rings. The summed E-state index contributed by atoms with van der Waals surface area (Å²) in [6.07, 6.45) is 7.43. The van der Waals surface area contributed by atoms with Crippen molar-refractivity contribution >= 4 is 22.4 Å². The van der Waals surface area contributed by atoms with E-state index in [1.165, 1.54) is 6.42 Å². The van der Waals surface area contributed by atoms with Crippen LogP contribution in [0.25, 0.3) is 5.69 Å². The lowest BCUT2D eigenvalue weighted by molar-refractivity contribution is 0.200. The molecule has 0 spiro atoms. The van der Waals surface area contributed by atoms with Gasteiger partial charge in [0.2, 0.25) is 0 Å². The number of nitrogens with one attached hydrogen (secondary N) is 1. The normalized spacial score (nSPS) is 15.5. The first-order valence-corrected chi connectivity index (χ1v) is 7.49. The third-order valence-electron chi connectivity index (χ3n) is 3.39. The number of anilines is 1. The van der Waals surface area contributed by atoms with Crippen LogP contribution in [0.5, 0.6) is 0 Å². The number of thiophene rings is 1. The fourth-order valence-electron chi connectivity index (χ4n) is 2.37. The van der Waals surface area contributed by atoms with Crippen LogP contribution in [0, 0.1) is 0 Å². The Kier molecular flexibility index (Phi) is 3.55. The highest BCUT2D eigenvalue weighted by Crippen LogP contribution is 2.27. The average molecular weight is 275 g/mol. The minimum absolute atomic E-state index is 0.0237. The fourth-order valence-corrected chi connectivity index (χ4v) is 3.14. The first-order chi connectivity index (χ1) is 9.34. The number of urea groups is 1. The summed E-state index contributed by atoms with van der Waals surface area (Å²) in [5.74, 6) is 0. The Bertz CT molecular complexity index is 541. The molecule has 5 heteroatoms. The van der Waals surface area contributed by atoms with E-state index in [0.29, 0.717) is 0 Å². The lowest BCUT2D eigenvalue weighted by atomic mass is 10.1. The maximum atomic E-state index is 12.2. The standard InChI is InChI=1S/C14H17N3OS/c18-14(17-9-2-1-3-10-17)15-13-12(6-11-19-13)16-7-4-5-8-16/h4-8,11H,1-3,9-10H2,(H,15,18). The fraction of sp³-hybridized carbons (Fsp3) is 0.357. The lowest BCUT2D eigenvalue weighted by Crippen LogP contribution is -2.38. The third kappa shape index (κ3) is 2.66. The molecule has 4 nitrogen and oxygen atoms in total. The van der Waals surface area contributed by atoms with Gasteiger partial charge in [-0.1, -0.05) is 0 Å². The average Bonchev–Trinajstić information content (AvgIpc) is 3.10. The van der Waals surface area contributed by atoms with Crippen LogP contribution in [0.4, 0.5) is 9.80 Å². The molecule has 1 N–H and O–H groups in total. The number of nitrogens with zero attached hydrogens (tertiary/aromatic N) is 2. The molecular weight excluding hydrogens is 258 g/mol. The summed E-state index contributed by atoms with van der Waals surface area (Å²) in [5.41, 5.74) is 1.03. The number of piperidine rings is 1. The number of carbonyl (C=O) groups is 1. The molecule has 2 aromatic heterocycles. The SMILES string of the molecule is O=C(Nc1sccc1-n1cccc1)N1CCCCC1. The molecule has 0 unspecified atom stereocenters. The van der Waals surface area contributed by atoms with Gasteiger partial charge in [0.1, 0.15) is 5.00 Å². The van der Waals surface area contributed by atoms with E-state index in [-0.39, 0.29) is 6.03 Å². The number of hydrogen-bond acceptors (Lipinski definition) is 2. The Morgan fingerprint density at radius 1 is 1.16 bits per heavy atom. The van der Waals surface area contributed by atoms with Gasteiger partial charge < -0.3 is 9.47 Å². The minimum Gasteiger partial charge on any atom is -0.325 e. The minimum atomic E-state index is 0.0237. The van der Waals surface area contributed by atoms with E-state index in [1.807, 2.05) is 45.4 Å². The summed E-state index contributed by atoms with van der Waals surface area (Å²) >= 11 is 1.56. The molecule has 1 aliphatic rings. The summed E-state index contributed by atoms with van der Waals surface area (Å²) in [6, 6.07) is 6.01. The molecule has 1 aliphatic heterocycles. The van der Waals surface area contributed by atoms with Crippen LogP contribution in [0.2, 0.25) is 0 Å². The number of hydrogen-bond donors (Lipinski definition) is 1. The lowest BCUT2D eigenvalue weighted by Gasteiger charge is -2.26. The topological polar surface area (TPSA) is 37.3 Å². The van der Waals surface area contributed by atoms with Crippen molar-refractivity contribution in [3.8, 4) is 5.69 Å². The van der Waals surface area contributed by atoms with Crippen molar-refractivity contribution in [2.45, 2.75) is 19.3 Å². The van der Waals surface area contributed by atoms with Crippen LogP contribution in [-0.2, 0) is 0 Å². The third-order valence-corrected chi connectivity index (χ3v) is 4.21. The number of carbonyl (C=O) groups excluding carboxylic acids is 1. The van der Waals surface area contributed by atoms with Crippen LogP contribution < -0.4 is 5.32 Å². The first-order valence-electron chi connectivity index (χ1n) is 6.61. The van der Waals surface area contributed by atoms with Gasteiger partial charge in [0.05, 0.1) is 5.69 Å². The van der Waals surface area contributed by atoms with Gasteiger partial charge in [-0.05, 0) is 42.8 Å². The summed E-state index contributed by atoms with van der Waals surface area (Å²) in [5, 5.41) is 5.94. The van der Waals surface area contributed by atoms with E-state index < -0.39 is 0 Å². The molecule has 0 radical (unpaired) electrons. The van der Waals surface area contributed by atoms with Gasteiger partial charge in [0.25, 0.3) is 0 Å². The maximum absolute atomic E-state index is 12.2. The molecule has 2 aromatic rings. The van der Waals surface area contributed by atoms with Gasteiger partial charge in [-0.15, -0.1) is 11.3 Å². The second kappa shape index (κ2) is 5.48. The molecule has 0 aromatic carbocycles. The first kappa shape index (κ1) is 12.3. The molecule has 0 atom stereocenters. The highest BCUT2D eigenvalue weighted by atomic mass is 32.1. The van der Waals surface area contributed by atoms with Crippen LogP contribution in [0.3, 0.4) is 0 Å². The van der Waals surface area contributed by atoms with Crippen LogP contribution in [-0.4, -0.2) is 28.6 Å². The summed E-state index contributed by atoms with van der Waals surface area (Å²) in [6.45, 7) is 1.74. The van der Waals surface area contributed by atoms with Crippen molar-refractivity contribution in [1.82, 2.24) is 9.47 Å². The smallest absolute Gasteiger partial charge is 0.322 e. The summed E-state index contributed by atoms with van der Waals surface area (Å²) in [7, 11) is 0. The van der Waals surface area contributed by atoms with Crippen LogP contribution in [0.15, 0.2) is 36.0 Å². The van der Waals surface area contributed by atoms with Gasteiger partial charge in [-0.2, -0.15) is 0 Å². The van der Waals surface area contributed by atoms with E-state index in [1.54, 1.807) is 11.3 Å². The Balaban J connectivity index is 1.73. The van der Waals surface area contributed by atoms with Crippen LogP contribution in [0.1, 0.15) is 19.3 Å². The van der Waals surface area contributed by atoms with E-state index in [2.05, 4.69) is 5.32 Å². The second-order valence-corrected chi connectivity index (χ2v) is 5.62.